The summed E-state index contributed by atoms with van der Waals surface area (Å²) in [5.74, 6) is 3.80. The van der Waals surface area contributed by atoms with Crippen LogP contribution in [0.5, 0.6) is 0 Å². The summed E-state index contributed by atoms with van der Waals surface area (Å²) in [5, 5.41) is 10.7. The van der Waals surface area contributed by atoms with Crippen LogP contribution in [-0.2, 0) is 4.79 Å². The Kier molecular flexibility index (Phi) is 5.90. The molecule has 0 amide bonds. The van der Waals surface area contributed by atoms with Gasteiger partial charge < -0.3 is 5.11 Å². The number of carbonyl (C=O) groups is 1. The van der Waals surface area contributed by atoms with Gasteiger partial charge in [-0.2, -0.15) is 0 Å². The predicted molar refractivity (Wildman–Crippen MR) is 129 cm³/mol. The third-order valence-electron chi connectivity index (χ3n) is 10.7. The molecule has 0 heterocycles. The number of rotatable bonds is 4. The molecule has 0 aromatic carbocycles. The molecule has 0 saturated heterocycles. The highest BCUT2D eigenvalue weighted by Gasteiger charge is 2.61. The van der Waals surface area contributed by atoms with E-state index in [1.165, 1.54) is 32.1 Å². The summed E-state index contributed by atoms with van der Waals surface area (Å²) >= 11 is 0. The molecule has 0 aliphatic heterocycles. The van der Waals surface area contributed by atoms with E-state index in [-0.39, 0.29) is 16.9 Å². The highest BCUT2D eigenvalue weighted by Crippen LogP contribution is 2.68. The van der Waals surface area contributed by atoms with Crippen molar-refractivity contribution in [2.45, 2.75) is 106 Å². The van der Waals surface area contributed by atoms with E-state index in [1.807, 2.05) is 19.9 Å². The summed E-state index contributed by atoms with van der Waals surface area (Å²) in [7, 11) is 0. The fourth-order valence-corrected chi connectivity index (χ4v) is 9.21. The topological polar surface area (TPSA) is 37.3 Å². The number of fused-ring (bicyclic) bond motifs is 5. The number of ketones is 1. The molecule has 174 valence electrons. The summed E-state index contributed by atoms with van der Waals surface area (Å²) in [6.07, 6.45) is 13.5. The first kappa shape index (κ1) is 23.3. The Morgan fingerprint density at radius 1 is 1.10 bits per heavy atom. The van der Waals surface area contributed by atoms with Crippen molar-refractivity contribution in [2.24, 2.45) is 45.8 Å². The number of allylic oxidation sites excluding steroid dienone is 3. The molecule has 1 unspecified atom stereocenters. The maximum atomic E-state index is 12.5. The molecule has 0 aromatic heterocycles. The first-order valence-corrected chi connectivity index (χ1v) is 13.0. The third-order valence-corrected chi connectivity index (χ3v) is 10.7. The average Bonchev–Trinajstić information content (AvgIpc) is 3.02. The van der Waals surface area contributed by atoms with Gasteiger partial charge in [0.1, 0.15) is 0 Å². The van der Waals surface area contributed by atoms with Crippen LogP contribution < -0.4 is 0 Å². The lowest BCUT2D eigenvalue weighted by molar-refractivity contribution is -0.116. The van der Waals surface area contributed by atoms with Crippen LogP contribution >= 0.6 is 0 Å². The Morgan fingerprint density at radius 3 is 2.48 bits per heavy atom. The Labute approximate surface area is 191 Å². The predicted octanol–water partition coefficient (Wildman–Crippen LogP) is 7.12. The summed E-state index contributed by atoms with van der Waals surface area (Å²) in [6.45, 7) is 16.0. The lowest BCUT2D eigenvalue weighted by Gasteiger charge is -2.61. The monoisotopic (exact) mass is 426 g/mol. The van der Waals surface area contributed by atoms with Crippen LogP contribution in [-0.4, -0.2) is 17.0 Å². The molecule has 0 radical (unpaired) electrons. The molecule has 0 spiro atoms. The van der Waals surface area contributed by atoms with Crippen LogP contribution in [0, 0.1) is 45.8 Å². The van der Waals surface area contributed by atoms with Gasteiger partial charge in [-0.3, -0.25) is 4.79 Å². The van der Waals surface area contributed by atoms with E-state index in [2.05, 4.69) is 40.7 Å². The van der Waals surface area contributed by atoms with Crippen LogP contribution in [0.4, 0.5) is 0 Å². The van der Waals surface area contributed by atoms with Crippen LogP contribution in [0.15, 0.2) is 23.3 Å². The summed E-state index contributed by atoms with van der Waals surface area (Å²) in [4.78, 5) is 12.5. The number of hydrogen-bond donors (Lipinski definition) is 1. The molecule has 1 N–H and O–H groups in total. The molecule has 4 aliphatic carbocycles. The molecule has 3 fully saturated rings. The van der Waals surface area contributed by atoms with E-state index >= 15 is 0 Å². The molecule has 2 nitrogen and oxygen atoms in total. The molecule has 0 aromatic rings. The Balaban J connectivity index is 1.57. The van der Waals surface area contributed by atoms with Crippen molar-refractivity contribution in [1.82, 2.24) is 0 Å². The minimum Gasteiger partial charge on any atom is -0.392 e. The van der Waals surface area contributed by atoms with E-state index < -0.39 is 0 Å². The van der Waals surface area contributed by atoms with Crippen molar-refractivity contribution in [2.75, 3.05) is 0 Å². The van der Waals surface area contributed by atoms with E-state index in [0.717, 1.165) is 36.2 Å². The lowest BCUT2D eigenvalue weighted by atomic mass is 9.44. The van der Waals surface area contributed by atoms with Gasteiger partial charge in [-0.05, 0) is 105 Å². The van der Waals surface area contributed by atoms with Crippen molar-refractivity contribution >= 4 is 5.78 Å². The quantitative estimate of drug-likeness (QED) is 0.384. The molecule has 2 heteroatoms. The van der Waals surface area contributed by atoms with Crippen molar-refractivity contribution < 1.29 is 9.90 Å². The van der Waals surface area contributed by atoms with Gasteiger partial charge in [0.05, 0.1) is 6.10 Å². The van der Waals surface area contributed by atoms with Gasteiger partial charge >= 0.3 is 0 Å². The maximum Gasteiger partial charge on any atom is 0.155 e. The minimum absolute atomic E-state index is 0.0866. The largest absolute Gasteiger partial charge is 0.392 e. The van der Waals surface area contributed by atoms with Crippen LogP contribution in [0.1, 0.15) is 99.8 Å². The van der Waals surface area contributed by atoms with Crippen LogP contribution in [0.3, 0.4) is 0 Å². The van der Waals surface area contributed by atoms with E-state index in [0.29, 0.717) is 29.5 Å². The number of carbonyl (C=O) groups excluding carboxylic acids is 1. The SMILES string of the molecule is CC(C)=CC(=O)C[C@@H](C)[C@H]1CC[C@H]2[C@@H]3CC=C4C(C)(C)C(O)CC[C@]4(C)[C@H]3CC[C@]12C. The van der Waals surface area contributed by atoms with Gasteiger partial charge in [0, 0.05) is 11.8 Å². The van der Waals surface area contributed by atoms with Gasteiger partial charge in [0.25, 0.3) is 0 Å². The molecule has 3 saturated carbocycles. The van der Waals surface area contributed by atoms with Gasteiger partial charge in [-0.1, -0.05) is 51.8 Å². The highest BCUT2D eigenvalue weighted by atomic mass is 16.3. The molecular weight excluding hydrogens is 380 g/mol. The second-order valence-corrected chi connectivity index (χ2v) is 13.0. The minimum atomic E-state index is -0.202. The number of hydrogen-bond acceptors (Lipinski definition) is 2. The third kappa shape index (κ3) is 3.60. The molecule has 0 bridgehead atoms. The second kappa shape index (κ2) is 7.86. The first-order valence-electron chi connectivity index (χ1n) is 13.0. The fraction of sp³-hybridized carbons (Fsp3) is 0.828. The first-order chi connectivity index (χ1) is 14.4. The average molecular weight is 427 g/mol. The van der Waals surface area contributed by atoms with Gasteiger partial charge in [-0.25, -0.2) is 0 Å². The summed E-state index contributed by atoms with van der Waals surface area (Å²) < 4.78 is 0. The van der Waals surface area contributed by atoms with Crippen molar-refractivity contribution in [3.05, 3.63) is 23.3 Å². The smallest absolute Gasteiger partial charge is 0.155 e. The van der Waals surface area contributed by atoms with Crippen molar-refractivity contribution in [1.29, 1.82) is 0 Å². The standard InChI is InChI=1S/C29H46O2/c1-18(2)16-20(30)17-19(3)22-9-10-23-21-8-11-25-27(4,5)26(31)13-15-29(25,7)24(21)12-14-28(22,23)6/h11,16,19,21-24,26,31H,8-10,12-15,17H2,1-7H3/t19-,21+,22-,23+,24+,26?,28-,29-/m1/s1. The van der Waals surface area contributed by atoms with E-state index in [4.69, 9.17) is 0 Å². The molecule has 4 aliphatic rings. The molecular formula is C29H46O2. The van der Waals surface area contributed by atoms with E-state index in [9.17, 15) is 9.90 Å². The zero-order valence-electron chi connectivity index (χ0n) is 21.1. The van der Waals surface area contributed by atoms with E-state index in [1.54, 1.807) is 5.57 Å². The second-order valence-electron chi connectivity index (χ2n) is 13.0. The zero-order chi connectivity index (χ0) is 22.8. The number of aliphatic hydroxyl groups is 1. The Bertz CT molecular complexity index is 785. The number of aliphatic hydroxyl groups excluding tert-OH is 1. The van der Waals surface area contributed by atoms with Gasteiger partial charge in [0.2, 0.25) is 0 Å². The van der Waals surface area contributed by atoms with Crippen molar-refractivity contribution in [3.63, 3.8) is 0 Å². The van der Waals surface area contributed by atoms with Gasteiger partial charge in [0.15, 0.2) is 5.78 Å². The van der Waals surface area contributed by atoms with Crippen LogP contribution in [0.2, 0.25) is 0 Å². The molecule has 4 rings (SSSR count). The fourth-order valence-electron chi connectivity index (χ4n) is 9.21. The molecule has 31 heavy (non-hydrogen) atoms. The maximum absolute atomic E-state index is 12.5. The Hall–Kier alpha value is -0.890. The highest BCUT2D eigenvalue weighted by molar-refractivity contribution is 5.90. The van der Waals surface area contributed by atoms with Crippen molar-refractivity contribution in [3.8, 4) is 0 Å². The lowest BCUT2D eigenvalue weighted by Crippen LogP contribution is -2.54. The summed E-state index contributed by atoms with van der Waals surface area (Å²) in [6, 6.07) is 0. The Morgan fingerprint density at radius 2 is 1.81 bits per heavy atom. The summed E-state index contributed by atoms with van der Waals surface area (Å²) in [5.41, 5.74) is 3.23. The molecule has 8 atom stereocenters. The normalized spacial score (nSPS) is 44.4. The van der Waals surface area contributed by atoms with Crippen LogP contribution in [0.25, 0.3) is 0 Å². The van der Waals surface area contributed by atoms with Gasteiger partial charge in [-0.15, -0.1) is 0 Å². The zero-order valence-corrected chi connectivity index (χ0v) is 21.1.